The van der Waals surface area contributed by atoms with Crippen molar-refractivity contribution < 1.29 is 0 Å². The molecule has 0 saturated carbocycles. The molecule has 10 rings (SSSR count). The molecule has 10 aromatic rings. The molecule has 0 aliphatic heterocycles. The summed E-state index contributed by atoms with van der Waals surface area (Å²) in [6.45, 7) is 0. The molecule has 0 saturated heterocycles. The lowest BCUT2D eigenvalue weighted by atomic mass is 9.94. The van der Waals surface area contributed by atoms with Crippen molar-refractivity contribution in [2.75, 3.05) is 0 Å². The molecule has 0 spiro atoms. The lowest BCUT2D eigenvalue weighted by Crippen LogP contribution is -2.00. The number of aromatic nitrogens is 7. The minimum Gasteiger partial charge on any atom is -0.292 e. The molecule has 0 aliphatic rings. The van der Waals surface area contributed by atoms with E-state index in [4.69, 9.17) is 15.0 Å². The van der Waals surface area contributed by atoms with E-state index in [1.54, 1.807) is 0 Å². The molecule has 0 unspecified atom stereocenters. The van der Waals surface area contributed by atoms with Crippen LogP contribution in [0.25, 0.3) is 95.3 Å². The molecular formula is C48H31N7. The number of pyridine rings is 3. The average Bonchev–Trinajstić information content (AvgIpc) is 3.61. The van der Waals surface area contributed by atoms with E-state index in [1.807, 2.05) is 122 Å². The van der Waals surface area contributed by atoms with Crippen LogP contribution in [-0.2, 0) is 0 Å². The van der Waals surface area contributed by atoms with E-state index >= 15 is 0 Å². The van der Waals surface area contributed by atoms with Crippen LogP contribution >= 0.6 is 0 Å². The Kier molecular flexibility index (Phi) is 8.00. The van der Waals surface area contributed by atoms with Gasteiger partial charge in [-0.3, -0.25) is 14.5 Å². The number of hydrogen-bond acceptors (Lipinski definition) is 6. The summed E-state index contributed by atoms with van der Waals surface area (Å²) in [6, 6.07) is 56.0. The fourth-order valence-corrected chi connectivity index (χ4v) is 7.18. The first-order valence-electron chi connectivity index (χ1n) is 18.1. The maximum absolute atomic E-state index is 5.10. The molecule has 7 heteroatoms. The second-order valence-corrected chi connectivity index (χ2v) is 13.3. The van der Waals surface area contributed by atoms with E-state index in [2.05, 4.69) is 86.2 Å². The standard InChI is InChI=1S/C48H31N7/c1-3-11-34(12-4-1)46-52-47(35-13-5-2-6-14-35)54-48(53-46)39-28-37(32-17-19-33(20-18-32)42-15-7-9-24-50-42)27-38(29-39)36-21-22-43-41(30-36)40-23-26-49-31-44(40)55(43)45-16-8-10-25-51-45/h1-31H. The molecule has 0 fully saturated rings. The van der Waals surface area contributed by atoms with Gasteiger partial charge in [-0.1, -0.05) is 103 Å². The molecule has 55 heavy (non-hydrogen) atoms. The van der Waals surface area contributed by atoms with E-state index in [1.165, 1.54) is 0 Å². The number of nitrogens with zero attached hydrogens (tertiary/aromatic N) is 7. The van der Waals surface area contributed by atoms with Crippen molar-refractivity contribution in [2.24, 2.45) is 0 Å². The van der Waals surface area contributed by atoms with Crippen LogP contribution in [0, 0.1) is 0 Å². The van der Waals surface area contributed by atoms with Crippen LogP contribution in [0.15, 0.2) is 189 Å². The normalized spacial score (nSPS) is 11.3. The molecule has 7 nitrogen and oxygen atoms in total. The Bertz CT molecular complexity index is 2890. The summed E-state index contributed by atoms with van der Waals surface area (Å²) in [4.78, 5) is 28.9. The minimum absolute atomic E-state index is 0.597. The zero-order chi connectivity index (χ0) is 36.6. The van der Waals surface area contributed by atoms with Crippen LogP contribution < -0.4 is 0 Å². The lowest BCUT2D eigenvalue weighted by molar-refractivity contribution is 1.07. The Morgan fingerprint density at radius 2 is 0.927 bits per heavy atom. The second kappa shape index (κ2) is 13.7. The van der Waals surface area contributed by atoms with E-state index in [0.29, 0.717) is 17.5 Å². The van der Waals surface area contributed by atoms with Crippen molar-refractivity contribution in [1.29, 1.82) is 0 Å². The number of hydrogen-bond donors (Lipinski definition) is 0. The number of fused-ring (bicyclic) bond motifs is 3. The average molecular weight is 706 g/mol. The summed E-state index contributed by atoms with van der Waals surface area (Å²) in [7, 11) is 0. The predicted octanol–water partition coefficient (Wildman–Crippen LogP) is 11.2. The van der Waals surface area contributed by atoms with Crippen molar-refractivity contribution in [3.05, 3.63) is 189 Å². The van der Waals surface area contributed by atoms with Gasteiger partial charge in [-0.25, -0.2) is 19.9 Å². The van der Waals surface area contributed by atoms with Crippen LogP contribution in [-0.4, -0.2) is 34.5 Å². The molecule has 5 aromatic heterocycles. The Hall–Kier alpha value is -7.64. The van der Waals surface area contributed by atoms with Crippen molar-refractivity contribution in [3.63, 3.8) is 0 Å². The zero-order valence-corrected chi connectivity index (χ0v) is 29.5. The third-order valence-electron chi connectivity index (χ3n) is 9.85. The van der Waals surface area contributed by atoms with Gasteiger partial charge in [0, 0.05) is 51.6 Å². The van der Waals surface area contributed by atoms with Crippen molar-refractivity contribution in [1.82, 2.24) is 34.5 Å². The van der Waals surface area contributed by atoms with Gasteiger partial charge in [0.05, 0.1) is 22.9 Å². The molecular weight excluding hydrogens is 675 g/mol. The summed E-state index contributed by atoms with van der Waals surface area (Å²) in [5.74, 6) is 2.68. The molecule has 0 radical (unpaired) electrons. The van der Waals surface area contributed by atoms with Crippen LogP contribution in [0.1, 0.15) is 0 Å². The first-order valence-corrected chi connectivity index (χ1v) is 18.1. The molecule has 0 atom stereocenters. The minimum atomic E-state index is 0.597. The van der Waals surface area contributed by atoms with Crippen molar-refractivity contribution in [3.8, 4) is 73.5 Å². The highest BCUT2D eigenvalue weighted by Gasteiger charge is 2.17. The maximum Gasteiger partial charge on any atom is 0.164 e. The first-order chi connectivity index (χ1) is 27.2. The van der Waals surface area contributed by atoms with Crippen LogP contribution in [0.2, 0.25) is 0 Å². The summed E-state index contributed by atoms with van der Waals surface area (Å²) >= 11 is 0. The largest absolute Gasteiger partial charge is 0.292 e. The number of benzene rings is 5. The predicted molar refractivity (Wildman–Crippen MR) is 220 cm³/mol. The summed E-state index contributed by atoms with van der Waals surface area (Å²) in [5, 5.41) is 2.22. The zero-order valence-electron chi connectivity index (χ0n) is 29.5. The van der Waals surface area contributed by atoms with Crippen LogP contribution in [0.5, 0.6) is 0 Å². The topological polar surface area (TPSA) is 82.3 Å². The van der Waals surface area contributed by atoms with Crippen molar-refractivity contribution >= 4 is 21.8 Å². The second-order valence-electron chi connectivity index (χ2n) is 13.3. The van der Waals surface area contributed by atoms with Gasteiger partial charge in [0.15, 0.2) is 17.5 Å². The Balaban J connectivity index is 1.18. The molecule has 5 heterocycles. The fraction of sp³-hybridized carbons (Fsp3) is 0. The third kappa shape index (κ3) is 6.09. The molecule has 5 aromatic carbocycles. The van der Waals surface area contributed by atoms with Gasteiger partial charge in [0.2, 0.25) is 0 Å². The highest BCUT2D eigenvalue weighted by atomic mass is 15.1. The van der Waals surface area contributed by atoms with Gasteiger partial charge in [0.1, 0.15) is 5.82 Å². The van der Waals surface area contributed by atoms with E-state index in [9.17, 15) is 0 Å². The molecule has 0 bridgehead atoms. The smallest absolute Gasteiger partial charge is 0.164 e. The lowest BCUT2D eigenvalue weighted by Gasteiger charge is -2.13. The van der Waals surface area contributed by atoms with Gasteiger partial charge in [-0.05, 0) is 82.9 Å². The van der Waals surface area contributed by atoms with Crippen LogP contribution in [0.4, 0.5) is 0 Å². The first kappa shape index (κ1) is 32.0. The van der Waals surface area contributed by atoms with Gasteiger partial charge in [-0.2, -0.15) is 0 Å². The van der Waals surface area contributed by atoms with E-state index in [0.717, 1.165) is 77.8 Å². The van der Waals surface area contributed by atoms with Gasteiger partial charge in [-0.15, -0.1) is 0 Å². The molecule has 0 N–H and O–H groups in total. The SMILES string of the molecule is c1ccc(-c2nc(-c3ccccc3)nc(-c3cc(-c4ccc(-c5ccccn5)cc4)cc(-c4ccc5c(c4)c4ccncc4n5-c4ccccn4)c3)n2)cc1. The number of rotatable bonds is 7. The van der Waals surface area contributed by atoms with Gasteiger partial charge < -0.3 is 0 Å². The van der Waals surface area contributed by atoms with Crippen LogP contribution in [0.3, 0.4) is 0 Å². The van der Waals surface area contributed by atoms with E-state index in [-0.39, 0.29) is 0 Å². The quantitative estimate of drug-likeness (QED) is 0.164. The fourth-order valence-electron chi connectivity index (χ4n) is 7.18. The molecule has 258 valence electrons. The third-order valence-corrected chi connectivity index (χ3v) is 9.85. The summed E-state index contributed by atoms with van der Waals surface area (Å²) in [6.07, 6.45) is 7.40. The molecule has 0 amide bonds. The maximum atomic E-state index is 5.10. The van der Waals surface area contributed by atoms with Gasteiger partial charge >= 0.3 is 0 Å². The Morgan fingerprint density at radius 3 is 1.58 bits per heavy atom. The van der Waals surface area contributed by atoms with Crippen molar-refractivity contribution in [2.45, 2.75) is 0 Å². The summed E-state index contributed by atoms with van der Waals surface area (Å²) in [5.41, 5.74) is 11.0. The van der Waals surface area contributed by atoms with E-state index < -0.39 is 0 Å². The summed E-state index contributed by atoms with van der Waals surface area (Å²) < 4.78 is 2.17. The monoisotopic (exact) mass is 705 g/mol. The Morgan fingerprint density at radius 1 is 0.345 bits per heavy atom. The van der Waals surface area contributed by atoms with Gasteiger partial charge in [0.25, 0.3) is 0 Å². The molecule has 0 aliphatic carbocycles. The highest BCUT2D eigenvalue weighted by molar-refractivity contribution is 6.10. The highest BCUT2D eigenvalue weighted by Crippen LogP contribution is 2.38. The Labute approximate surface area is 317 Å².